The second-order valence-electron chi connectivity index (χ2n) is 7.77. The number of rotatable bonds is 8. The number of hydrogen-bond donors (Lipinski definition) is 3. The first-order chi connectivity index (χ1) is 14.2. The molecule has 0 bridgehead atoms. The van der Waals surface area contributed by atoms with E-state index in [1.807, 2.05) is 20.8 Å². The molecule has 1 aromatic carbocycles. The Balaban J connectivity index is 0.00000480. The summed E-state index contributed by atoms with van der Waals surface area (Å²) < 4.78 is 38.1. The minimum absolute atomic E-state index is 0. The molecule has 31 heavy (non-hydrogen) atoms. The van der Waals surface area contributed by atoms with Crippen LogP contribution >= 0.6 is 24.0 Å². The van der Waals surface area contributed by atoms with Crippen LogP contribution in [0.15, 0.2) is 29.3 Å². The van der Waals surface area contributed by atoms with E-state index < -0.39 is 11.7 Å². The van der Waals surface area contributed by atoms with Crippen molar-refractivity contribution in [1.82, 2.24) is 20.9 Å². The van der Waals surface area contributed by atoms with Crippen molar-refractivity contribution in [2.24, 2.45) is 10.9 Å². The lowest BCUT2D eigenvalue weighted by Crippen LogP contribution is -2.45. The maximum atomic E-state index is 12.7. The quantitative estimate of drug-likeness (QED) is 0.200. The fraction of sp³-hybridized carbons (Fsp3) is 0.619. The second-order valence-corrected chi connectivity index (χ2v) is 7.77. The van der Waals surface area contributed by atoms with E-state index >= 15 is 0 Å². The maximum Gasteiger partial charge on any atom is 0.416 e. The van der Waals surface area contributed by atoms with Gasteiger partial charge in [-0.15, -0.1) is 24.0 Å². The van der Waals surface area contributed by atoms with Crippen LogP contribution < -0.4 is 16.0 Å². The Morgan fingerprint density at radius 2 is 1.90 bits per heavy atom. The fourth-order valence-electron chi connectivity index (χ4n) is 3.22. The third kappa shape index (κ3) is 9.63. The maximum absolute atomic E-state index is 12.7. The van der Waals surface area contributed by atoms with Crippen LogP contribution in [-0.2, 0) is 17.5 Å². The van der Waals surface area contributed by atoms with Crippen LogP contribution in [0, 0.1) is 5.92 Å². The summed E-state index contributed by atoms with van der Waals surface area (Å²) in [6.45, 7) is 9.65. The Morgan fingerprint density at radius 3 is 2.48 bits per heavy atom. The third-order valence-corrected chi connectivity index (χ3v) is 4.85. The molecule has 1 unspecified atom stereocenters. The first-order valence-electron chi connectivity index (χ1n) is 10.4. The van der Waals surface area contributed by atoms with Gasteiger partial charge in [-0.05, 0) is 31.0 Å². The molecule has 1 amide bonds. The van der Waals surface area contributed by atoms with E-state index in [9.17, 15) is 18.0 Å². The van der Waals surface area contributed by atoms with Crippen LogP contribution in [0.25, 0.3) is 0 Å². The number of likely N-dealkylation sites (tertiary alicyclic amines) is 1. The van der Waals surface area contributed by atoms with Gasteiger partial charge < -0.3 is 16.0 Å². The van der Waals surface area contributed by atoms with Crippen molar-refractivity contribution in [3.8, 4) is 0 Å². The predicted molar refractivity (Wildman–Crippen MR) is 128 cm³/mol. The summed E-state index contributed by atoms with van der Waals surface area (Å²) in [5, 5.41) is 9.46. The molecule has 1 saturated heterocycles. The van der Waals surface area contributed by atoms with Crippen LogP contribution in [0.2, 0.25) is 0 Å². The van der Waals surface area contributed by atoms with Crippen LogP contribution in [-0.4, -0.2) is 55.5 Å². The monoisotopic (exact) mass is 555 g/mol. The lowest BCUT2D eigenvalue weighted by molar-refractivity contribution is -0.137. The number of halogens is 4. The summed E-state index contributed by atoms with van der Waals surface area (Å²) in [6, 6.07) is 5.56. The Hall–Kier alpha value is -1.56. The molecular weight excluding hydrogens is 522 g/mol. The molecule has 1 aliphatic heterocycles. The SMILES string of the molecule is CCNC(=NCCNC(=O)C(C)C)NC1CCN(Cc2ccc(C(F)(F)F)cc2)C1.I. The number of nitrogens with one attached hydrogen (secondary N) is 3. The van der Waals surface area contributed by atoms with Crippen LogP contribution in [0.3, 0.4) is 0 Å². The second kappa shape index (κ2) is 13.1. The lowest BCUT2D eigenvalue weighted by Gasteiger charge is -2.19. The van der Waals surface area contributed by atoms with Crippen molar-refractivity contribution in [2.75, 3.05) is 32.7 Å². The molecule has 0 saturated carbocycles. The minimum Gasteiger partial charge on any atom is -0.357 e. The largest absolute Gasteiger partial charge is 0.416 e. The molecule has 3 N–H and O–H groups in total. The summed E-state index contributed by atoms with van der Waals surface area (Å²) >= 11 is 0. The summed E-state index contributed by atoms with van der Waals surface area (Å²) in [7, 11) is 0. The lowest BCUT2D eigenvalue weighted by atomic mass is 10.1. The first kappa shape index (κ1) is 27.5. The Morgan fingerprint density at radius 1 is 1.23 bits per heavy atom. The highest BCUT2D eigenvalue weighted by Gasteiger charge is 2.30. The van der Waals surface area contributed by atoms with Crippen LogP contribution in [0.1, 0.15) is 38.3 Å². The number of nitrogens with zero attached hydrogens (tertiary/aromatic N) is 2. The summed E-state index contributed by atoms with van der Waals surface area (Å²) in [6.07, 6.45) is -3.38. The van der Waals surface area contributed by atoms with Crippen molar-refractivity contribution in [1.29, 1.82) is 0 Å². The molecule has 6 nitrogen and oxygen atoms in total. The summed E-state index contributed by atoms with van der Waals surface area (Å²) in [5.74, 6) is 0.671. The Bertz CT molecular complexity index is 710. The van der Waals surface area contributed by atoms with Gasteiger partial charge in [0.25, 0.3) is 0 Å². The summed E-state index contributed by atoms with van der Waals surface area (Å²) in [4.78, 5) is 18.3. The topological polar surface area (TPSA) is 68.8 Å². The molecule has 176 valence electrons. The van der Waals surface area contributed by atoms with Gasteiger partial charge in [-0.2, -0.15) is 13.2 Å². The zero-order chi connectivity index (χ0) is 22.1. The number of guanidine groups is 1. The molecule has 2 rings (SSSR count). The van der Waals surface area contributed by atoms with Gasteiger partial charge in [0.15, 0.2) is 5.96 Å². The molecule has 0 radical (unpaired) electrons. The van der Waals surface area contributed by atoms with Gasteiger partial charge in [0, 0.05) is 44.7 Å². The van der Waals surface area contributed by atoms with Crippen molar-refractivity contribution >= 4 is 35.8 Å². The molecule has 10 heteroatoms. The predicted octanol–water partition coefficient (Wildman–Crippen LogP) is 3.23. The highest BCUT2D eigenvalue weighted by Crippen LogP contribution is 2.29. The van der Waals surface area contributed by atoms with Gasteiger partial charge in [-0.1, -0.05) is 26.0 Å². The Kier molecular flexibility index (Phi) is 11.6. The first-order valence-corrected chi connectivity index (χ1v) is 10.4. The van der Waals surface area contributed by atoms with Crippen molar-refractivity contribution in [3.63, 3.8) is 0 Å². The van der Waals surface area contributed by atoms with E-state index in [1.165, 1.54) is 0 Å². The highest BCUT2D eigenvalue weighted by molar-refractivity contribution is 14.0. The summed E-state index contributed by atoms with van der Waals surface area (Å²) in [5.41, 5.74) is 0.244. The molecular formula is C21H33F3IN5O. The number of hydrogen-bond acceptors (Lipinski definition) is 3. The number of benzene rings is 1. The van der Waals surface area contributed by atoms with Gasteiger partial charge in [-0.25, -0.2) is 0 Å². The van der Waals surface area contributed by atoms with Crippen LogP contribution in [0.5, 0.6) is 0 Å². The van der Waals surface area contributed by atoms with E-state index in [2.05, 4.69) is 25.8 Å². The highest BCUT2D eigenvalue weighted by atomic mass is 127. The van der Waals surface area contributed by atoms with E-state index in [4.69, 9.17) is 0 Å². The van der Waals surface area contributed by atoms with Crippen molar-refractivity contribution < 1.29 is 18.0 Å². The molecule has 0 aliphatic carbocycles. The van der Waals surface area contributed by atoms with E-state index in [0.717, 1.165) is 43.8 Å². The van der Waals surface area contributed by atoms with Crippen molar-refractivity contribution in [3.05, 3.63) is 35.4 Å². The molecule has 0 spiro atoms. The number of aliphatic imine (C=N–C) groups is 1. The standard InChI is InChI=1S/C21H32F3N5O.HI/c1-4-25-20(27-11-10-26-19(30)15(2)3)28-18-9-12-29(14-18)13-16-5-7-17(8-6-16)21(22,23)24;/h5-8,15,18H,4,9-14H2,1-3H3,(H,26,30)(H2,25,27,28);1H. The molecule has 1 fully saturated rings. The van der Waals surface area contributed by atoms with Gasteiger partial charge in [0.2, 0.25) is 5.91 Å². The number of carbonyl (C=O) groups is 1. The zero-order valence-electron chi connectivity index (χ0n) is 18.3. The molecule has 1 atom stereocenters. The molecule has 1 aromatic rings. The smallest absolute Gasteiger partial charge is 0.357 e. The minimum atomic E-state index is -4.30. The molecule has 0 aromatic heterocycles. The number of carbonyl (C=O) groups excluding carboxylic acids is 1. The zero-order valence-corrected chi connectivity index (χ0v) is 20.6. The van der Waals surface area contributed by atoms with Crippen LogP contribution in [0.4, 0.5) is 13.2 Å². The number of alkyl halides is 3. The van der Waals surface area contributed by atoms with Gasteiger partial charge in [0.05, 0.1) is 12.1 Å². The van der Waals surface area contributed by atoms with E-state index in [0.29, 0.717) is 25.6 Å². The average molecular weight is 555 g/mol. The number of amides is 1. The van der Waals surface area contributed by atoms with Gasteiger partial charge in [0.1, 0.15) is 0 Å². The Labute approximate surface area is 199 Å². The average Bonchev–Trinajstić information content (AvgIpc) is 3.11. The van der Waals surface area contributed by atoms with E-state index in [-0.39, 0.29) is 41.8 Å². The molecule has 1 heterocycles. The fourth-order valence-corrected chi connectivity index (χ4v) is 3.22. The normalized spacial score (nSPS) is 17.4. The van der Waals surface area contributed by atoms with Gasteiger partial charge >= 0.3 is 6.18 Å². The van der Waals surface area contributed by atoms with Gasteiger partial charge in [-0.3, -0.25) is 14.7 Å². The molecule has 1 aliphatic rings. The third-order valence-electron chi connectivity index (χ3n) is 4.85. The van der Waals surface area contributed by atoms with E-state index in [1.54, 1.807) is 12.1 Å². The van der Waals surface area contributed by atoms with Crippen molar-refractivity contribution in [2.45, 2.75) is 46.0 Å².